The van der Waals surface area contributed by atoms with Crippen molar-refractivity contribution in [2.45, 2.75) is 18.6 Å². The van der Waals surface area contributed by atoms with Crippen LogP contribution in [-0.2, 0) is 6.54 Å². The first kappa shape index (κ1) is 22.1. The molecule has 1 fully saturated rings. The number of benzene rings is 3. The second kappa shape index (κ2) is 11.5. The highest BCUT2D eigenvalue weighted by Gasteiger charge is 2.12. The fraction of sp³-hybridized carbons (Fsp3) is 0.440. The average molecular weight is 421 g/mol. The molecule has 7 N–H and O–H groups in total. The van der Waals surface area contributed by atoms with Gasteiger partial charge in [0, 0.05) is 71.0 Å². The van der Waals surface area contributed by atoms with Crippen LogP contribution in [0, 0.1) is 0 Å². The Morgan fingerprint density at radius 3 is 1.74 bits per heavy atom. The number of nitrogens with one attached hydrogen (secondary N) is 5. The Morgan fingerprint density at radius 1 is 0.710 bits per heavy atom. The van der Waals surface area contributed by atoms with Crippen LogP contribution in [0.3, 0.4) is 0 Å². The molecule has 0 saturated carbocycles. The Morgan fingerprint density at radius 2 is 1.19 bits per heavy atom. The lowest BCUT2D eigenvalue weighted by molar-refractivity contribution is 0.430. The minimum atomic E-state index is 0.160. The van der Waals surface area contributed by atoms with Crippen molar-refractivity contribution in [3.8, 4) is 0 Å². The average Bonchev–Trinajstić information content (AvgIpc) is 2.80. The van der Waals surface area contributed by atoms with Gasteiger partial charge in [0.1, 0.15) is 0 Å². The molecule has 166 valence electrons. The number of nitrogens with two attached hydrogens (primary N) is 1. The lowest BCUT2D eigenvalue weighted by Gasteiger charge is -2.22. The zero-order valence-electron chi connectivity index (χ0n) is 18.3. The molecule has 1 aliphatic rings. The van der Waals surface area contributed by atoms with Crippen LogP contribution in [0.25, 0.3) is 21.5 Å². The summed E-state index contributed by atoms with van der Waals surface area (Å²) in [5.41, 5.74) is 7.48. The summed E-state index contributed by atoms with van der Waals surface area (Å²) in [7, 11) is 0. The van der Waals surface area contributed by atoms with Crippen LogP contribution in [0.15, 0.2) is 54.6 Å². The third kappa shape index (κ3) is 6.23. The molecule has 6 nitrogen and oxygen atoms in total. The van der Waals surface area contributed by atoms with Crippen LogP contribution >= 0.6 is 0 Å². The van der Waals surface area contributed by atoms with Crippen molar-refractivity contribution in [1.82, 2.24) is 26.6 Å². The molecule has 3 aromatic rings. The molecule has 6 heteroatoms. The molecule has 0 aliphatic carbocycles. The maximum absolute atomic E-state index is 6.10. The van der Waals surface area contributed by atoms with Gasteiger partial charge in [0.05, 0.1) is 0 Å². The largest absolute Gasteiger partial charge is 0.326 e. The summed E-state index contributed by atoms with van der Waals surface area (Å²) >= 11 is 0. The monoisotopic (exact) mass is 420 g/mol. The van der Waals surface area contributed by atoms with Crippen LogP contribution < -0.4 is 32.3 Å². The topological polar surface area (TPSA) is 86.2 Å². The van der Waals surface area contributed by atoms with Gasteiger partial charge in [-0.1, -0.05) is 48.5 Å². The smallest absolute Gasteiger partial charge is 0.0320 e. The Bertz CT molecular complexity index is 889. The van der Waals surface area contributed by atoms with Gasteiger partial charge >= 0.3 is 0 Å². The SMILES string of the molecule is NC1CNCCNCC(NCc2c3ccccc3cc3ccccc23)CNCCNC1. The van der Waals surface area contributed by atoms with E-state index in [9.17, 15) is 0 Å². The zero-order chi connectivity index (χ0) is 21.3. The molecule has 1 heterocycles. The van der Waals surface area contributed by atoms with Gasteiger partial charge in [-0.2, -0.15) is 0 Å². The standard InChI is InChI=1S/C25H36N6/c26-21-14-27-9-11-29-16-22(17-30-12-10-28-15-21)31-18-25-23-7-3-1-5-19(23)13-20-6-2-4-8-24(20)25/h1-8,13,21-22,27-31H,9-12,14-18,26H2. The zero-order valence-corrected chi connectivity index (χ0v) is 18.3. The van der Waals surface area contributed by atoms with Crippen molar-refractivity contribution < 1.29 is 0 Å². The number of hydrogen-bond acceptors (Lipinski definition) is 6. The first-order valence-corrected chi connectivity index (χ1v) is 11.5. The summed E-state index contributed by atoms with van der Waals surface area (Å²) in [6, 6.07) is 20.2. The van der Waals surface area contributed by atoms with Gasteiger partial charge in [0.25, 0.3) is 0 Å². The first-order valence-electron chi connectivity index (χ1n) is 11.5. The second-order valence-corrected chi connectivity index (χ2v) is 8.45. The summed E-state index contributed by atoms with van der Waals surface area (Å²) in [5.74, 6) is 0. The molecule has 3 aromatic carbocycles. The quantitative estimate of drug-likeness (QED) is 0.357. The minimum Gasteiger partial charge on any atom is -0.326 e. The Labute approximate surface area is 185 Å². The van der Waals surface area contributed by atoms with E-state index < -0.39 is 0 Å². The molecular formula is C25H36N6. The van der Waals surface area contributed by atoms with Gasteiger partial charge in [-0.05, 0) is 33.2 Å². The molecular weight excluding hydrogens is 384 g/mol. The van der Waals surface area contributed by atoms with Crippen LogP contribution in [-0.4, -0.2) is 64.4 Å². The van der Waals surface area contributed by atoms with Crippen molar-refractivity contribution in [2.24, 2.45) is 5.73 Å². The Hall–Kier alpha value is -2.06. The van der Waals surface area contributed by atoms with Gasteiger partial charge in [-0.15, -0.1) is 0 Å². The highest BCUT2D eigenvalue weighted by molar-refractivity contribution is 6.02. The van der Waals surface area contributed by atoms with E-state index in [-0.39, 0.29) is 6.04 Å². The molecule has 4 rings (SSSR count). The third-order valence-corrected chi connectivity index (χ3v) is 6.00. The summed E-state index contributed by atoms with van der Waals surface area (Å²) < 4.78 is 0. The fourth-order valence-corrected chi connectivity index (χ4v) is 4.31. The summed E-state index contributed by atoms with van der Waals surface area (Å²) in [4.78, 5) is 0. The molecule has 31 heavy (non-hydrogen) atoms. The Kier molecular flexibility index (Phi) is 8.24. The Balaban J connectivity index is 1.45. The lowest BCUT2D eigenvalue weighted by atomic mass is 9.96. The van der Waals surface area contributed by atoms with Crippen LogP contribution in [0.2, 0.25) is 0 Å². The number of hydrogen-bond donors (Lipinski definition) is 6. The molecule has 0 amide bonds. The number of fused-ring (bicyclic) bond motifs is 2. The van der Waals surface area contributed by atoms with E-state index in [1.54, 1.807) is 0 Å². The second-order valence-electron chi connectivity index (χ2n) is 8.45. The molecule has 1 aliphatic heterocycles. The summed E-state index contributed by atoms with van der Waals surface area (Å²) in [6.45, 7) is 8.14. The molecule has 0 unspecified atom stereocenters. The molecule has 1 saturated heterocycles. The van der Waals surface area contributed by atoms with Crippen LogP contribution in [0.4, 0.5) is 0 Å². The maximum Gasteiger partial charge on any atom is 0.0320 e. The van der Waals surface area contributed by atoms with Crippen LogP contribution in [0.5, 0.6) is 0 Å². The van der Waals surface area contributed by atoms with E-state index in [0.29, 0.717) is 6.04 Å². The maximum atomic E-state index is 6.10. The van der Waals surface area contributed by atoms with E-state index in [1.165, 1.54) is 27.1 Å². The van der Waals surface area contributed by atoms with E-state index in [0.717, 1.165) is 58.9 Å². The normalized spacial score (nSPS) is 22.4. The van der Waals surface area contributed by atoms with Crippen molar-refractivity contribution in [3.63, 3.8) is 0 Å². The van der Waals surface area contributed by atoms with Crippen molar-refractivity contribution in [2.75, 3.05) is 52.4 Å². The van der Waals surface area contributed by atoms with E-state index >= 15 is 0 Å². The van der Waals surface area contributed by atoms with E-state index in [2.05, 4.69) is 81.2 Å². The summed E-state index contributed by atoms with van der Waals surface area (Å²) in [5, 5.41) is 23.2. The first-order chi connectivity index (χ1) is 15.3. The van der Waals surface area contributed by atoms with E-state index in [4.69, 9.17) is 5.73 Å². The van der Waals surface area contributed by atoms with Crippen molar-refractivity contribution in [1.29, 1.82) is 0 Å². The highest BCUT2D eigenvalue weighted by atomic mass is 15.1. The highest BCUT2D eigenvalue weighted by Crippen LogP contribution is 2.28. The third-order valence-electron chi connectivity index (χ3n) is 6.00. The van der Waals surface area contributed by atoms with Gasteiger partial charge in [-0.3, -0.25) is 0 Å². The lowest BCUT2D eigenvalue weighted by Crippen LogP contribution is -2.49. The van der Waals surface area contributed by atoms with Gasteiger partial charge in [0.2, 0.25) is 0 Å². The predicted octanol–water partition coefficient (Wildman–Crippen LogP) is 1.15. The van der Waals surface area contributed by atoms with Crippen molar-refractivity contribution >= 4 is 21.5 Å². The minimum absolute atomic E-state index is 0.160. The van der Waals surface area contributed by atoms with Gasteiger partial charge in [-0.25, -0.2) is 0 Å². The fourth-order valence-electron chi connectivity index (χ4n) is 4.31. The van der Waals surface area contributed by atoms with E-state index in [1.807, 2.05) is 0 Å². The number of rotatable bonds is 3. The molecule has 0 aromatic heterocycles. The molecule has 0 atom stereocenters. The van der Waals surface area contributed by atoms with Crippen LogP contribution in [0.1, 0.15) is 5.56 Å². The summed E-state index contributed by atoms with van der Waals surface area (Å²) in [6.07, 6.45) is 0. The predicted molar refractivity (Wildman–Crippen MR) is 132 cm³/mol. The molecule has 0 radical (unpaired) electrons. The van der Waals surface area contributed by atoms with Gasteiger partial charge < -0.3 is 32.3 Å². The molecule has 0 bridgehead atoms. The molecule has 0 spiro atoms. The van der Waals surface area contributed by atoms with Crippen molar-refractivity contribution in [3.05, 3.63) is 60.2 Å². The van der Waals surface area contributed by atoms with Gasteiger partial charge in [0.15, 0.2) is 0 Å².